The van der Waals surface area contributed by atoms with Crippen molar-refractivity contribution in [2.24, 2.45) is 23.7 Å². The SMILES string of the molecule is COc1cc([C@H]2C3=CC[C@@H]4C(=O)N(CCC(=O)O)C(=O)[C@@H]4[C@@H]3C[C@H]3C(=O)N(Nc4ccc(C)cc4)C(=O)[C@@]23c2ccccc2)cc(OC)c1O. The van der Waals surface area contributed by atoms with E-state index < -0.39 is 64.6 Å². The van der Waals surface area contributed by atoms with Crippen LogP contribution in [0.15, 0.2) is 78.4 Å². The Balaban J connectivity index is 1.45. The molecule has 12 heteroatoms. The summed E-state index contributed by atoms with van der Waals surface area (Å²) in [5.41, 5.74) is 4.88. The number of aryl methyl sites for hydroxylation is 1. The van der Waals surface area contributed by atoms with Crippen LogP contribution in [0.25, 0.3) is 0 Å². The summed E-state index contributed by atoms with van der Waals surface area (Å²) in [4.78, 5) is 70.1. The van der Waals surface area contributed by atoms with E-state index in [4.69, 9.17) is 9.47 Å². The molecule has 6 atom stereocenters. The molecule has 3 aromatic carbocycles. The lowest BCUT2D eigenvalue weighted by Gasteiger charge is -2.50. The number of carbonyl (C=O) groups excluding carboxylic acids is 4. The molecule has 3 fully saturated rings. The molecule has 3 aromatic rings. The molecule has 1 saturated carbocycles. The van der Waals surface area contributed by atoms with E-state index in [1.165, 1.54) is 14.2 Å². The Bertz CT molecular complexity index is 1920. The Hall–Kier alpha value is -5.65. The lowest BCUT2D eigenvalue weighted by atomic mass is 9.49. The van der Waals surface area contributed by atoms with E-state index in [0.29, 0.717) is 22.4 Å². The largest absolute Gasteiger partial charge is 0.502 e. The van der Waals surface area contributed by atoms with E-state index in [0.717, 1.165) is 15.5 Å². The summed E-state index contributed by atoms with van der Waals surface area (Å²) in [5.74, 6) is -7.13. The van der Waals surface area contributed by atoms with E-state index >= 15 is 4.79 Å². The van der Waals surface area contributed by atoms with Crippen molar-refractivity contribution < 1.29 is 43.7 Å². The van der Waals surface area contributed by atoms with Gasteiger partial charge in [-0.1, -0.05) is 59.7 Å². The minimum atomic E-state index is -1.52. The predicted octanol–water partition coefficient (Wildman–Crippen LogP) is 4.18. The highest BCUT2D eigenvalue weighted by atomic mass is 16.5. The molecule has 2 saturated heterocycles. The van der Waals surface area contributed by atoms with Gasteiger partial charge in [0.2, 0.25) is 17.6 Å². The second-order valence-corrected chi connectivity index (χ2v) is 13.3. The number of methoxy groups -OCH3 is 2. The van der Waals surface area contributed by atoms with Crippen molar-refractivity contribution in [3.63, 3.8) is 0 Å². The summed E-state index contributed by atoms with van der Waals surface area (Å²) < 4.78 is 11.1. The number of hydrogen-bond acceptors (Lipinski definition) is 9. The van der Waals surface area contributed by atoms with Gasteiger partial charge in [0, 0.05) is 12.5 Å². The Morgan fingerprint density at radius 3 is 2.20 bits per heavy atom. The number of aromatic hydroxyl groups is 1. The molecule has 0 radical (unpaired) electrons. The number of nitrogens with one attached hydrogen (secondary N) is 1. The van der Waals surface area contributed by atoms with Crippen molar-refractivity contribution in [2.45, 2.75) is 37.5 Å². The van der Waals surface area contributed by atoms with E-state index in [1.54, 1.807) is 36.4 Å². The molecular weight excluding hydrogens is 642 g/mol. The maximum Gasteiger partial charge on any atom is 0.305 e. The third-order valence-corrected chi connectivity index (χ3v) is 10.9. The lowest BCUT2D eigenvalue weighted by Crippen LogP contribution is -2.53. The molecule has 4 aliphatic rings. The third kappa shape index (κ3) is 4.84. The molecule has 3 N–H and O–H groups in total. The topological polar surface area (TPSA) is 163 Å². The first-order valence-electron chi connectivity index (χ1n) is 16.5. The maximum absolute atomic E-state index is 15.2. The van der Waals surface area contributed by atoms with Crippen molar-refractivity contribution in [3.8, 4) is 17.2 Å². The van der Waals surface area contributed by atoms with Crippen LogP contribution >= 0.6 is 0 Å². The summed E-state index contributed by atoms with van der Waals surface area (Å²) in [6, 6.07) is 19.6. The van der Waals surface area contributed by atoms with Crippen molar-refractivity contribution in [2.75, 3.05) is 26.2 Å². The molecule has 0 bridgehead atoms. The number of imide groups is 2. The zero-order chi connectivity index (χ0) is 35.5. The number of amides is 4. The van der Waals surface area contributed by atoms with Gasteiger partial charge in [-0.15, -0.1) is 0 Å². The van der Waals surface area contributed by atoms with Gasteiger partial charge in [-0.25, -0.2) is 0 Å². The van der Waals surface area contributed by atoms with Crippen molar-refractivity contribution in [1.29, 1.82) is 0 Å². The van der Waals surface area contributed by atoms with Gasteiger partial charge in [-0.2, -0.15) is 5.01 Å². The number of anilines is 1. The molecule has 4 amide bonds. The van der Waals surface area contributed by atoms with Crippen LogP contribution in [0.5, 0.6) is 17.2 Å². The number of hydrogen-bond donors (Lipinski definition) is 3. The van der Waals surface area contributed by atoms with Gasteiger partial charge in [-0.3, -0.25) is 34.3 Å². The van der Waals surface area contributed by atoms with Crippen LogP contribution in [-0.2, 0) is 29.4 Å². The van der Waals surface area contributed by atoms with Crippen LogP contribution in [0.3, 0.4) is 0 Å². The van der Waals surface area contributed by atoms with Gasteiger partial charge in [0.1, 0.15) is 0 Å². The second kappa shape index (κ2) is 12.3. The fourth-order valence-electron chi connectivity index (χ4n) is 8.70. The highest BCUT2D eigenvalue weighted by molar-refractivity contribution is 6.13. The summed E-state index contributed by atoms with van der Waals surface area (Å²) in [6.07, 6.45) is 1.80. The minimum Gasteiger partial charge on any atom is -0.502 e. The number of fused-ring (bicyclic) bond motifs is 4. The Morgan fingerprint density at radius 2 is 1.58 bits per heavy atom. The quantitative estimate of drug-likeness (QED) is 0.221. The number of carbonyl (C=O) groups is 5. The zero-order valence-corrected chi connectivity index (χ0v) is 27.8. The first kappa shape index (κ1) is 32.9. The molecule has 2 aliphatic heterocycles. The standard InChI is InChI=1S/C38H37N3O9/c1-20-9-11-23(12-10-20)39-41-35(46)27-19-26-24(13-14-25-31(26)36(47)40(34(25)45)16-15-30(42)43)32(21-17-28(49-2)33(44)29(18-21)50-3)38(27,37(41)48)22-7-5-4-6-8-22/h4-13,17-18,25-27,31-32,39,44H,14-16,19H2,1-3H3,(H,42,43)/t25-,26+,27-,31-,32-,38+/m0/s1. The molecule has 2 heterocycles. The van der Waals surface area contributed by atoms with Gasteiger partial charge in [0.25, 0.3) is 11.8 Å². The summed E-state index contributed by atoms with van der Waals surface area (Å²) in [5, 5.41) is 21.3. The van der Waals surface area contributed by atoms with Crippen LogP contribution in [0, 0.1) is 30.6 Å². The van der Waals surface area contributed by atoms with Crippen molar-refractivity contribution in [3.05, 3.63) is 95.1 Å². The summed E-state index contributed by atoms with van der Waals surface area (Å²) in [7, 11) is 2.79. The number of rotatable bonds is 9. The second-order valence-electron chi connectivity index (χ2n) is 13.3. The molecule has 0 unspecified atom stereocenters. The van der Waals surface area contributed by atoms with Gasteiger partial charge in [0.05, 0.1) is 49.5 Å². The van der Waals surface area contributed by atoms with Gasteiger partial charge in [-0.05, 0) is 61.1 Å². The summed E-state index contributed by atoms with van der Waals surface area (Å²) >= 11 is 0. The van der Waals surface area contributed by atoms with E-state index in [9.17, 15) is 29.4 Å². The van der Waals surface area contributed by atoms with E-state index in [2.05, 4.69) is 5.43 Å². The Labute approximate surface area is 288 Å². The molecule has 0 spiro atoms. The lowest BCUT2D eigenvalue weighted by molar-refractivity contribution is -0.143. The number of likely N-dealkylation sites (tertiary alicyclic amines) is 1. The number of phenols is 1. The van der Waals surface area contributed by atoms with Crippen LogP contribution in [-0.4, -0.2) is 70.5 Å². The molecule has 50 heavy (non-hydrogen) atoms. The van der Waals surface area contributed by atoms with Crippen molar-refractivity contribution >= 4 is 35.3 Å². The highest BCUT2D eigenvalue weighted by Crippen LogP contribution is 2.64. The van der Waals surface area contributed by atoms with Crippen LogP contribution in [0.4, 0.5) is 5.69 Å². The fraction of sp³-hybridized carbons (Fsp3) is 0.342. The van der Waals surface area contributed by atoms with E-state index in [-0.39, 0.29) is 43.1 Å². The Morgan fingerprint density at radius 1 is 0.920 bits per heavy atom. The van der Waals surface area contributed by atoms with E-state index in [1.807, 2.05) is 43.3 Å². The van der Waals surface area contributed by atoms with Gasteiger partial charge < -0.3 is 19.7 Å². The first-order chi connectivity index (χ1) is 24.0. The number of benzene rings is 3. The first-order valence-corrected chi connectivity index (χ1v) is 16.5. The normalized spacial score (nSPS) is 27.0. The number of carboxylic acid groups (broad SMARTS) is 1. The predicted molar refractivity (Wildman–Crippen MR) is 179 cm³/mol. The molecule has 12 nitrogen and oxygen atoms in total. The van der Waals surface area contributed by atoms with Crippen molar-refractivity contribution in [1.82, 2.24) is 9.91 Å². The highest BCUT2D eigenvalue weighted by Gasteiger charge is 2.70. The number of allylic oxidation sites excluding steroid dienone is 2. The molecular formula is C38H37N3O9. The fourth-order valence-corrected chi connectivity index (χ4v) is 8.70. The number of carboxylic acids is 1. The smallest absolute Gasteiger partial charge is 0.305 e. The maximum atomic E-state index is 15.2. The molecule has 0 aromatic heterocycles. The third-order valence-electron chi connectivity index (χ3n) is 10.9. The number of hydrazine groups is 1. The number of phenolic OH excluding ortho intramolecular Hbond substituents is 1. The molecule has 258 valence electrons. The average molecular weight is 680 g/mol. The van der Waals surface area contributed by atoms with Gasteiger partial charge in [0.15, 0.2) is 11.5 Å². The molecule has 2 aliphatic carbocycles. The van der Waals surface area contributed by atoms with Gasteiger partial charge >= 0.3 is 5.97 Å². The summed E-state index contributed by atoms with van der Waals surface area (Å²) in [6.45, 7) is 1.68. The van der Waals surface area contributed by atoms with Crippen LogP contribution in [0.2, 0.25) is 0 Å². The Kier molecular flexibility index (Phi) is 8.12. The van der Waals surface area contributed by atoms with Crippen LogP contribution in [0.1, 0.15) is 41.9 Å². The number of aliphatic carboxylic acids is 1. The molecule has 7 rings (SSSR count). The monoisotopic (exact) mass is 679 g/mol. The minimum absolute atomic E-state index is 0.0905. The number of nitrogens with zero attached hydrogens (tertiary/aromatic N) is 2. The average Bonchev–Trinajstić information content (AvgIpc) is 3.49. The zero-order valence-electron chi connectivity index (χ0n) is 27.8. The van der Waals surface area contributed by atoms with Crippen LogP contribution < -0.4 is 14.9 Å². The number of ether oxygens (including phenoxy) is 2.